The molecule has 0 aromatic heterocycles. The minimum absolute atomic E-state index is 0.184. The van der Waals surface area contributed by atoms with E-state index in [1.54, 1.807) is 10.4 Å². The number of hydrogen-bond donors (Lipinski definition) is 0. The zero-order valence-corrected chi connectivity index (χ0v) is 19.3. The number of aryl methyl sites for hydroxylation is 2. The summed E-state index contributed by atoms with van der Waals surface area (Å²) in [7, 11) is -3.48. The van der Waals surface area contributed by atoms with Crippen molar-refractivity contribution in [3.63, 3.8) is 0 Å². The van der Waals surface area contributed by atoms with E-state index in [1.165, 1.54) is 17.5 Å². The number of piperidine rings is 1. The highest BCUT2D eigenvalue weighted by molar-refractivity contribution is 7.89. The van der Waals surface area contributed by atoms with Crippen LogP contribution in [-0.4, -0.2) is 73.7 Å². The number of piperazine rings is 1. The topological polar surface area (TPSA) is 60.9 Å². The number of sulfonamides is 1. The summed E-state index contributed by atoms with van der Waals surface area (Å²) < 4.78 is 27.9. The Morgan fingerprint density at radius 3 is 2.30 bits per heavy atom. The van der Waals surface area contributed by atoms with Gasteiger partial charge >= 0.3 is 0 Å². The third kappa shape index (κ3) is 4.30. The molecule has 0 radical (unpaired) electrons. The zero-order valence-electron chi connectivity index (χ0n) is 18.5. The van der Waals surface area contributed by atoms with Gasteiger partial charge in [0, 0.05) is 39.3 Å². The molecule has 1 aliphatic carbocycles. The number of carbonyl (C=O) groups excluding carboxylic acids is 1. The van der Waals surface area contributed by atoms with Crippen LogP contribution in [0.2, 0.25) is 0 Å². The van der Waals surface area contributed by atoms with E-state index < -0.39 is 10.0 Å². The van der Waals surface area contributed by atoms with Crippen molar-refractivity contribution in [2.75, 3.05) is 39.3 Å². The highest BCUT2D eigenvalue weighted by Gasteiger charge is 2.35. The number of fused-ring (bicyclic) bond motifs is 1. The molecule has 2 fully saturated rings. The van der Waals surface area contributed by atoms with Gasteiger partial charge in [-0.1, -0.05) is 19.9 Å². The van der Waals surface area contributed by atoms with Crippen molar-refractivity contribution in [1.82, 2.24) is 14.1 Å². The van der Waals surface area contributed by atoms with Gasteiger partial charge in [0.25, 0.3) is 0 Å². The molecule has 3 aliphatic rings. The largest absolute Gasteiger partial charge is 0.341 e. The summed E-state index contributed by atoms with van der Waals surface area (Å²) in [5.41, 5.74) is 2.46. The molecule has 1 amide bonds. The molecule has 30 heavy (non-hydrogen) atoms. The maximum absolute atomic E-state index is 13.1. The van der Waals surface area contributed by atoms with Crippen molar-refractivity contribution in [3.8, 4) is 0 Å². The van der Waals surface area contributed by atoms with E-state index in [2.05, 4.69) is 18.7 Å². The van der Waals surface area contributed by atoms with E-state index in [0.29, 0.717) is 42.9 Å². The van der Waals surface area contributed by atoms with Gasteiger partial charge in [-0.3, -0.25) is 9.69 Å². The zero-order chi connectivity index (χ0) is 21.5. The lowest BCUT2D eigenvalue weighted by Crippen LogP contribution is -2.56. The first-order chi connectivity index (χ1) is 14.3. The standard InChI is InChI=1S/C23H35N3O3S/c1-17-13-18(2)16-25(15-17)23(27)19(3)24-9-11-26(12-10-24)30(28,29)22-8-7-20-5-4-6-21(20)14-22/h7-8,14,17-19H,4-6,9-13,15-16H2,1-3H3/t17-,18-,19-/m1/s1. The van der Waals surface area contributed by atoms with Crippen molar-refractivity contribution in [3.05, 3.63) is 29.3 Å². The lowest BCUT2D eigenvalue weighted by Gasteiger charge is -2.41. The second-order valence-electron chi connectivity index (χ2n) is 9.59. The lowest BCUT2D eigenvalue weighted by molar-refractivity contribution is -0.139. The van der Waals surface area contributed by atoms with Crippen LogP contribution < -0.4 is 0 Å². The van der Waals surface area contributed by atoms with Crippen LogP contribution in [0.1, 0.15) is 44.7 Å². The van der Waals surface area contributed by atoms with Gasteiger partial charge in [0.2, 0.25) is 15.9 Å². The summed E-state index contributed by atoms with van der Waals surface area (Å²) in [6.45, 7) is 10.1. The van der Waals surface area contributed by atoms with Gasteiger partial charge in [0.1, 0.15) is 0 Å². The van der Waals surface area contributed by atoms with Crippen molar-refractivity contribution >= 4 is 15.9 Å². The van der Waals surface area contributed by atoms with Crippen LogP contribution >= 0.6 is 0 Å². The van der Waals surface area contributed by atoms with E-state index in [1.807, 2.05) is 24.0 Å². The molecule has 0 spiro atoms. The Bertz CT molecular complexity index is 883. The summed E-state index contributed by atoms with van der Waals surface area (Å²) in [5.74, 6) is 1.27. The summed E-state index contributed by atoms with van der Waals surface area (Å²) >= 11 is 0. The minimum atomic E-state index is -3.48. The Hall–Kier alpha value is -1.44. The van der Waals surface area contributed by atoms with Crippen LogP contribution in [0.5, 0.6) is 0 Å². The third-order valence-electron chi connectivity index (χ3n) is 7.07. The van der Waals surface area contributed by atoms with Crippen LogP contribution in [0.4, 0.5) is 0 Å². The van der Waals surface area contributed by atoms with E-state index in [0.717, 1.165) is 32.4 Å². The van der Waals surface area contributed by atoms with Gasteiger partial charge in [-0.05, 0) is 67.7 Å². The molecule has 2 aliphatic heterocycles. The first kappa shape index (κ1) is 21.8. The number of hydrogen-bond acceptors (Lipinski definition) is 4. The van der Waals surface area contributed by atoms with Gasteiger partial charge in [-0.25, -0.2) is 8.42 Å². The van der Waals surface area contributed by atoms with Crippen molar-refractivity contribution in [2.24, 2.45) is 11.8 Å². The van der Waals surface area contributed by atoms with Gasteiger partial charge < -0.3 is 4.90 Å². The number of likely N-dealkylation sites (tertiary alicyclic amines) is 1. The van der Waals surface area contributed by atoms with E-state index in [9.17, 15) is 13.2 Å². The number of rotatable bonds is 4. The van der Waals surface area contributed by atoms with E-state index >= 15 is 0 Å². The average molecular weight is 434 g/mol. The first-order valence-electron chi connectivity index (χ1n) is 11.4. The quantitative estimate of drug-likeness (QED) is 0.732. The summed E-state index contributed by atoms with van der Waals surface area (Å²) in [4.78, 5) is 17.6. The van der Waals surface area contributed by atoms with Gasteiger partial charge in [-0.15, -0.1) is 0 Å². The predicted molar refractivity (Wildman–Crippen MR) is 118 cm³/mol. The molecule has 0 N–H and O–H groups in total. The Morgan fingerprint density at radius 1 is 1.00 bits per heavy atom. The molecular weight excluding hydrogens is 398 g/mol. The smallest absolute Gasteiger partial charge is 0.243 e. The monoisotopic (exact) mass is 433 g/mol. The molecule has 0 unspecified atom stereocenters. The second-order valence-corrected chi connectivity index (χ2v) is 11.5. The van der Waals surface area contributed by atoms with Crippen molar-refractivity contribution < 1.29 is 13.2 Å². The molecular formula is C23H35N3O3S. The number of carbonyl (C=O) groups is 1. The van der Waals surface area contributed by atoms with Crippen LogP contribution in [0, 0.1) is 11.8 Å². The Kier molecular flexibility index (Phi) is 6.24. The molecule has 0 saturated carbocycles. The maximum Gasteiger partial charge on any atom is 0.243 e. The highest BCUT2D eigenvalue weighted by atomic mass is 32.2. The van der Waals surface area contributed by atoms with Crippen LogP contribution in [0.25, 0.3) is 0 Å². The van der Waals surface area contributed by atoms with Crippen LogP contribution in [-0.2, 0) is 27.7 Å². The fourth-order valence-electron chi connectivity index (χ4n) is 5.45. The van der Waals surface area contributed by atoms with E-state index in [4.69, 9.17) is 0 Å². The van der Waals surface area contributed by atoms with Gasteiger partial charge in [-0.2, -0.15) is 4.31 Å². The van der Waals surface area contributed by atoms with E-state index in [-0.39, 0.29) is 11.9 Å². The molecule has 0 bridgehead atoms. The molecule has 7 heteroatoms. The molecule has 166 valence electrons. The summed E-state index contributed by atoms with van der Waals surface area (Å²) in [6.07, 6.45) is 4.31. The highest BCUT2D eigenvalue weighted by Crippen LogP contribution is 2.27. The normalized spacial score (nSPS) is 27.1. The molecule has 2 saturated heterocycles. The molecule has 1 aromatic rings. The maximum atomic E-state index is 13.1. The number of benzene rings is 1. The summed E-state index contributed by atoms with van der Waals surface area (Å²) in [5, 5.41) is 0. The van der Waals surface area contributed by atoms with Crippen molar-refractivity contribution in [2.45, 2.75) is 57.4 Å². The molecule has 6 nitrogen and oxygen atoms in total. The Morgan fingerprint density at radius 2 is 1.63 bits per heavy atom. The molecule has 3 atom stereocenters. The number of nitrogens with zero attached hydrogens (tertiary/aromatic N) is 3. The average Bonchev–Trinajstić information content (AvgIpc) is 3.20. The summed E-state index contributed by atoms with van der Waals surface area (Å²) in [6, 6.07) is 5.41. The Balaban J connectivity index is 1.38. The second kappa shape index (κ2) is 8.60. The molecule has 2 heterocycles. The molecule has 4 rings (SSSR count). The minimum Gasteiger partial charge on any atom is -0.341 e. The van der Waals surface area contributed by atoms with Gasteiger partial charge in [0.15, 0.2) is 0 Å². The fraction of sp³-hybridized carbons (Fsp3) is 0.696. The third-order valence-corrected chi connectivity index (χ3v) is 8.96. The SMILES string of the molecule is C[C@@H]1C[C@@H](C)CN(C(=O)[C@@H](C)N2CCN(S(=O)(=O)c3ccc4c(c3)CCC4)CC2)C1. The van der Waals surface area contributed by atoms with Crippen LogP contribution in [0.3, 0.4) is 0 Å². The van der Waals surface area contributed by atoms with Gasteiger partial charge in [0.05, 0.1) is 10.9 Å². The fourth-order valence-corrected chi connectivity index (χ4v) is 6.93. The number of amides is 1. The first-order valence-corrected chi connectivity index (χ1v) is 12.8. The Labute approximate surface area is 181 Å². The lowest BCUT2D eigenvalue weighted by atomic mass is 9.91. The predicted octanol–water partition coefficient (Wildman–Crippen LogP) is 2.37. The molecule has 1 aromatic carbocycles. The van der Waals surface area contributed by atoms with Crippen molar-refractivity contribution in [1.29, 1.82) is 0 Å². The van der Waals surface area contributed by atoms with Crippen LogP contribution in [0.15, 0.2) is 23.1 Å².